The molecule has 0 aliphatic rings. The predicted octanol–water partition coefficient (Wildman–Crippen LogP) is 5.30. The summed E-state index contributed by atoms with van der Waals surface area (Å²) in [5.41, 5.74) is 2.55. The van der Waals surface area contributed by atoms with Gasteiger partial charge in [0.05, 0.1) is 0 Å². The molecule has 0 radical (unpaired) electrons. The minimum atomic E-state index is -0.609. The smallest absolute Gasteiger partial charge is 0.412 e. The van der Waals surface area contributed by atoms with E-state index < -0.39 is 12.2 Å². The Morgan fingerprint density at radius 3 is 2.62 bits per heavy atom. The third kappa shape index (κ3) is 3.58. The Bertz CT molecular complexity index is 833. The minimum absolute atomic E-state index is 0.442. The largest absolute Gasteiger partial charge is 0.441 e. The SMILES string of the molecule is CC(OC(=O)Nc1conc1-c1ccccc1)c1ccccc1Cl. The average Bonchev–Trinajstić information content (AvgIpc) is 3.04. The summed E-state index contributed by atoms with van der Waals surface area (Å²) in [7, 11) is 0. The van der Waals surface area contributed by atoms with Crippen LogP contribution in [0, 0.1) is 0 Å². The first-order chi connectivity index (χ1) is 11.6. The van der Waals surface area contributed by atoms with Gasteiger partial charge in [-0.3, -0.25) is 5.32 Å². The molecule has 0 aliphatic carbocycles. The highest BCUT2D eigenvalue weighted by Gasteiger charge is 2.17. The quantitative estimate of drug-likeness (QED) is 0.698. The van der Waals surface area contributed by atoms with E-state index >= 15 is 0 Å². The van der Waals surface area contributed by atoms with E-state index in [0.29, 0.717) is 16.4 Å². The second kappa shape index (κ2) is 7.19. The molecule has 0 saturated heterocycles. The molecular formula is C18H15ClN2O3. The Morgan fingerprint density at radius 2 is 1.88 bits per heavy atom. The maximum atomic E-state index is 12.1. The summed E-state index contributed by atoms with van der Waals surface area (Å²) in [5, 5.41) is 7.12. The molecule has 1 atom stereocenters. The van der Waals surface area contributed by atoms with Crippen molar-refractivity contribution in [2.45, 2.75) is 13.0 Å². The summed E-state index contributed by atoms with van der Waals surface area (Å²) in [6.45, 7) is 1.76. The van der Waals surface area contributed by atoms with Gasteiger partial charge in [-0.15, -0.1) is 0 Å². The van der Waals surface area contributed by atoms with Crippen molar-refractivity contribution in [3.05, 3.63) is 71.4 Å². The van der Waals surface area contributed by atoms with Gasteiger partial charge in [0.1, 0.15) is 23.7 Å². The number of nitrogens with zero attached hydrogens (tertiary/aromatic N) is 1. The molecule has 0 spiro atoms. The fourth-order valence-corrected chi connectivity index (χ4v) is 2.59. The highest BCUT2D eigenvalue weighted by atomic mass is 35.5. The monoisotopic (exact) mass is 342 g/mol. The van der Waals surface area contributed by atoms with E-state index in [0.717, 1.165) is 11.1 Å². The average molecular weight is 343 g/mol. The Kier molecular flexibility index (Phi) is 4.82. The molecule has 0 fully saturated rings. The van der Waals surface area contributed by atoms with Crippen LogP contribution in [-0.4, -0.2) is 11.2 Å². The molecule has 24 heavy (non-hydrogen) atoms. The molecule has 1 unspecified atom stereocenters. The first kappa shape index (κ1) is 16.1. The minimum Gasteiger partial charge on any atom is -0.441 e. The van der Waals surface area contributed by atoms with Crippen LogP contribution < -0.4 is 5.32 Å². The summed E-state index contributed by atoms with van der Waals surface area (Å²) in [6, 6.07) is 16.6. The van der Waals surface area contributed by atoms with Crippen LogP contribution in [-0.2, 0) is 4.74 Å². The molecule has 0 aliphatic heterocycles. The van der Waals surface area contributed by atoms with Gasteiger partial charge in [-0.25, -0.2) is 4.79 Å². The van der Waals surface area contributed by atoms with E-state index in [1.165, 1.54) is 6.26 Å². The van der Waals surface area contributed by atoms with Gasteiger partial charge < -0.3 is 9.26 Å². The van der Waals surface area contributed by atoms with Crippen LogP contribution in [0.25, 0.3) is 11.3 Å². The van der Waals surface area contributed by atoms with E-state index in [2.05, 4.69) is 10.5 Å². The molecule has 0 bridgehead atoms. The number of aromatic nitrogens is 1. The van der Waals surface area contributed by atoms with E-state index in [1.54, 1.807) is 13.0 Å². The van der Waals surface area contributed by atoms with E-state index in [9.17, 15) is 4.79 Å². The summed E-state index contributed by atoms with van der Waals surface area (Å²) in [5.74, 6) is 0. The van der Waals surface area contributed by atoms with Crippen molar-refractivity contribution in [2.75, 3.05) is 5.32 Å². The topological polar surface area (TPSA) is 64.4 Å². The molecule has 2 aromatic carbocycles. The van der Waals surface area contributed by atoms with E-state index in [1.807, 2.05) is 48.5 Å². The Labute approximate surface area is 144 Å². The number of anilines is 1. The van der Waals surface area contributed by atoms with Crippen LogP contribution in [0.2, 0.25) is 5.02 Å². The number of carbonyl (C=O) groups is 1. The summed E-state index contributed by atoms with van der Waals surface area (Å²) in [6.07, 6.45) is 0.269. The number of benzene rings is 2. The Morgan fingerprint density at radius 1 is 1.17 bits per heavy atom. The normalized spacial score (nSPS) is 11.8. The number of hydrogen-bond acceptors (Lipinski definition) is 4. The van der Waals surface area contributed by atoms with Crippen LogP contribution in [0.3, 0.4) is 0 Å². The standard InChI is InChI=1S/C18H15ClN2O3/c1-12(14-9-5-6-10-15(14)19)24-18(22)20-16-11-23-21-17(16)13-7-3-2-4-8-13/h2-12H,1H3,(H,20,22). The zero-order valence-electron chi connectivity index (χ0n) is 12.9. The number of carbonyl (C=O) groups excluding carboxylic acids is 1. The molecule has 3 rings (SSSR count). The maximum Gasteiger partial charge on any atom is 0.412 e. The van der Waals surface area contributed by atoms with Gasteiger partial charge in [-0.1, -0.05) is 65.3 Å². The molecule has 1 aromatic heterocycles. The van der Waals surface area contributed by atoms with Crippen molar-refractivity contribution in [3.63, 3.8) is 0 Å². The summed E-state index contributed by atoms with van der Waals surface area (Å²) < 4.78 is 10.3. The van der Waals surface area contributed by atoms with E-state index in [4.69, 9.17) is 20.9 Å². The number of nitrogens with one attached hydrogen (secondary N) is 1. The van der Waals surface area contributed by atoms with Crippen molar-refractivity contribution in [1.82, 2.24) is 5.16 Å². The van der Waals surface area contributed by atoms with Gasteiger partial charge in [-0.05, 0) is 13.0 Å². The number of hydrogen-bond donors (Lipinski definition) is 1. The highest BCUT2D eigenvalue weighted by molar-refractivity contribution is 6.31. The predicted molar refractivity (Wildman–Crippen MR) is 91.9 cm³/mol. The number of ether oxygens (including phenoxy) is 1. The second-order valence-corrected chi connectivity index (χ2v) is 5.54. The van der Waals surface area contributed by atoms with Gasteiger partial charge in [0.2, 0.25) is 0 Å². The van der Waals surface area contributed by atoms with Gasteiger partial charge >= 0.3 is 6.09 Å². The lowest BCUT2D eigenvalue weighted by atomic mass is 10.1. The molecule has 1 heterocycles. The molecule has 122 valence electrons. The van der Waals surface area contributed by atoms with Crippen LogP contribution in [0.4, 0.5) is 10.5 Å². The van der Waals surface area contributed by atoms with Crippen molar-refractivity contribution >= 4 is 23.4 Å². The van der Waals surface area contributed by atoms with Crippen LogP contribution >= 0.6 is 11.6 Å². The van der Waals surface area contributed by atoms with Crippen LogP contribution in [0.1, 0.15) is 18.6 Å². The number of amides is 1. The lowest BCUT2D eigenvalue weighted by Crippen LogP contribution is -2.16. The first-order valence-electron chi connectivity index (χ1n) is 7.37. The third-order valence-corrected chi connectivity index (χ3v) is 3.82. The lowest BCUT2D eigenvalue weighted by molar-refractivity contribution is 0.121. The molecular weight excluding hydrogens is 328 g/mol. The van der Waals surface area contributed by atoms with Crippen molar-refractivity contribution in [2.24, 2.45) is 0 Å². The first-order valence-corrected chi connectivity index (χ1v) is 7.75. The zero-order chi connectivity index (χ0) is 16.9. The van der Waals surface area contributed by atoms with Gasteiger partial charge in [0, 0.05) is 16.1 Å². The van der Waals surface area contributed by atoms with Gasteiger partial charge in [0.25, 0.3) is 0 Å². The third-order valence-electron chi connectivity index (χ3n) is 3.48. The number of rotatable bonds is 4. The molecule has 1 amide bonds. The van der Waals surface area contributed by atoms with Crippen LogP contribution in [0.5, 0.6) is 0 Å². The van der Waals surface area contributed by atoms with Crippen LogP contribution in [0.15, 0.2) is 65.4 Å². The molecule has 3 aromatic rings. The Hall–Kier alpha value is -2.79. The number of halogens is 1. The fraction of sp³-hybridized carbons (Fsp3) is 0.111. The molecule has 1 N–H and O–H groups in total. The molecule has 6 heteroatoms. The zero-order valence-corrected chi connectivity index (χ0v) is 13.7. The van der Waals surface area contributed by atoms with Gasteiger partial charge in [-0.2, -0.15) is 0 Å². The fourth-order valence-electron chi connectivity index (χ4n) is 2.30. The second-order valence-electron chi connectivity index (χ2n) is 5.14. The Balaban J connectivity index is 1.70. The maximum absolute atomic E-state index is 12.1. The van der Waals surface area contributed by atoms with Crippen molar-refractivity contribution < 1.29 is 14.1 Å². The highest BCUT2D eigenvalue weighted by Crippen LogP contribution is 2.28. The lowest BCUT2D eigenvalue weighted by Gasteiger charge is -2.15. The van der Waals surface area contributed by atoms with E-state index in [-0.39, 0.29) is 0 Å². The molecule has 5 nitrogen and oxygen atoms in total. The summed E-state index contributed by atoms with van der Waals surface area (Å²) >= 11 is 6.11. The van der Waals surface area contributed by atoms with Crippen molar-refractivity contribution in [3.8, 4) is 11.3 Å². The van der Waals surface area contributed by atoms with Crippen molar-refractivity contribution in [1.29, 1.82) is 0 Å². The summed E-state index contributed by atoms with van der Waals surface area (Å²) in [4.78, 5) is 12.1. The van der Waals surface area contributed by atoms with Gasteiger partial charge in [0.15, 0.2) is 0 Å². The molecule has 0 saturated carbocycles.